The monoisotopic (exact) mass is 143 g/mol. The summed E-state index contributed by atoms with van der Waals surface area (Å²) in [6, 6.07) is 0.312. The topological polar surface area (TPSA) is 35.2 Å². The number of rotatable bonds is 2. The van der Waals surface area contributed by atoms with Crippen molar-refractivity contribution in [1.29, 1.82) is 0 Å². The Morgan fingerprint density at radius 1 is 1.50 bits per heavy atom. The SMILES string of the molecule is CC(N)C(C)C1CCOC1. The normalized spacial score (nSPS) is 32.1. The van der Waals surface area contributed by atoms with Crippen molar-refractivity contribution in [3.05, 3.63) is 0 Å². The van der Waals surface area contributed by atoms with Crippen LogP contribution < -0.4 is 5.73 Å². The fourth-order valence-electron chi connectivity index (χ4n) is 1.40. The van der Waals surface area contributed by atoms with Crippen molar-refractivity contribution in [3.63, 3.8) is 0 Å². The van der Waals surface area contributed by atoms with Gasteiger partial charge in [0.25, 0.3) is 0 Å². The molecule has 60 valence electrons. The van der Waals surface area contributed by atoms with Crippen molar-refractivity contribution in [1.82, 2.24) is 0 Å². The van der Waals surface area contributed by atoms with E-state index >= 15 is 0 Å². The van der Waals surface area contributed by atoms with E-state index < -0.39 is 0 Å². The maximum Gasteiger partial charge on any atom is 0.0498 e. The average molecular weight is 143 g/mol. The van der Waals surface area contributed by atoms with Crippen molar-refractivity contribution in [3.8, 4) is 0 Å². The molecular formula is C8H17NO. The molecule has 0 aromatic heterocycles. The molecule has 1 heterocycles. The molecule has 0 bridgehead atoms. The Kier molecular flexibility index (Phi) is 2.69. The van der Waals surface area contributed by atoms with Gasteiger partial charge in [-0.2, -0.15) is 0 Å². The lowest BCUT2D eigenvalue weighted by atomic mass is 9.88. The minimum absolute atomic E-state index is 0.312. The summed E-state index contributed by atoms with van der Waals surface area (Å²) in [6.45, 7) is 6.14. The van der Waals surface area contributed by atoms with E-state index in [1.165, 1.54) is 6.42 Å². The van der Waals surface area contributed by atoms with Crippen LogP contribution in [0.25, 0.3) is 0 Å². The van der Waals surface area contributed by atoms with Crippen LogP contribution >= 0.6 is 0 Å². The molecule has 10 heavy (non-hydrogen) atoms. The predicted octanol–water partition coefficient (Wildman–Crippen LogP) is 1.01. The van der Waals surface area contributed by atoms with Gasteiger partial charge in [-0.1, -0.05) is 6.92 Å². The highest BCUT2D eigenvalue weighted by atomic mass is 16.5. The van der Waals surface area contributed by atoms with Gasteiger partial charge in [0.15, 0.2) is 0 Å². The summed E-state index contributed by atoms with van der Waals surface area (Å²) in [5.41, 5.74) is 5.76. The van der Waals surface area contributed by atoms with E-state index in [-0.39, 0.29) is 0 Å². The molecule has 0 spiro atoms. The van der Waals surface area contributed by atoms with Crippen molar-refractivity contribution in [2.45, 2.75) is 26.3 Å². The van der Waals surface area contributed by atoms with Gasteiger partial charge in [0, 0.05) is 19.3 Å². The van der Waals surface area contributed by atoms with Crippen LogP contribution in [0, 0.1) is 11.8 Å². The molecule has 1 aliphatic heterocycles. The highest BCUT2D eigenvalue weighted by Gasteiger charge is 2.24. The minimum Gasteiger partial charge on any atom is -0.381 e. The molecule has 2 heteroatoms. The second-order valence-electron chi connectivity index (χ2n) is 3.34. The Balaban J connectivity index is 2.32. The number of ether oxygens (including phenoxy) is 1. The van der Waals surface area contributed by atoms with E-state index in [9.17, 15) is 0 Å². The standard InChI is InChI=1S/C8H17NO/c1-6(7(2)9)8-3-4-10-5-8/h6-8H,3-5,9H2,1-2H3. The summed E-state index contributed by atoms with van der Waals surface area (Å²) in [5.74, 6) is 1.32. The third-order valence-electron chi connectivity index (χ3n) is 2.54. The molecule has 1 aliphatic rings. The molecular weight excluding hydrogens is 126 g/mol. The molecule has 2 N–H and O–H groups in total. The largest absolute Gasteiger partial charge is 0.381 e. The van der Waals surface area contributed by atoms with E-state index in [1.807, 2.05) is 0 Å². The van der Waals surface area contributed by atoms with E-state index in [0.29, 0.717) is 17.9 Å². The van der Waals surface area contributed by atoms with Gasteiger partial charge in [0.05, 0.1) is 0 Å². The van der Waals surface area contributed by atoms with Crippen LogP contribution in [0.3, 0.4) is 0 Å². The number of nitrogens with two attached hydrogens (primary N) is 1. The molecule has 1 rings (SSSR count). The molecule has 0 radical (unpaired) electrons. The summed E-state index contributed by atoms with van der Waals surface area (Å²) in [5, 5.41) is 0. The Morgan fingerprint density at radius 3 is 2.60 bits per heavy atom. The molecule has 3 unspecified atom stereocenters. The van der Waals surface area contributed by atoms with E-state index in [4.69, 9.17) is 10.5 Å². The molecule has 0 amide bonds. The molecule has 0 aromatic carbocycles. The van der Waals surface area contributed by atoms with Crippen LogP contribution in [0.15, 0.2) is 0 Å². The fourth-order valence-corrected chi connectivity index (χ4v) is 1.40. The van der Waals surface area contributed by atoms with Gasteiger partial charge in [-0.3, -0.25) is 0 Å². The lowest BCUT2D eigenvalue weighted by Gasteiger charge is -2.20. The van der Waals surface area contributed by atoms with Gasteiger partial charge < -0.3 is 10.5 Å². The predicted molar refractivity (Wildman–Crippen MR) is 41.7 cm³/mol. The van der Waals surface area contributed by atoms with Crippen LogP contribution in [0.1, 0.15) is 20.3 Å². The molecule has 1 saturated heterocycles. The van der Waals surface area contributed by atoms with Crippen LogP contribution in [-0.4, -0.2) is 19.3 Å². The van der Waals surface area contributed by atoms with Gasteiger partial charge in [0.2, 0.25) is 0 Å². The van der Waals surface area contributed by atoms with E-state index in [2.05, 4.69) is 13.8 Å². The van der Waals surface area contributed by atoms with Gasteiger partial charge >= 0.3 is 0 Å². The van der Waals surface area contributed by atoms with Crippen LogP contribution in [0.2, 0.25) is 0 Å². The summed E-state index contributed by atoms with van der Waals surface area (Å²) in [7, 11) is 0. The van der Waals surface area contributed by atoms with Crippen molar-refractivity contribution >= 4 is 0 Å². The maximum atomic E-state index is 5.76. The minimum atomic E-state index is 0.312. The lowest BCUT2D eigenvalue weighted by Crippen LogP contribution is -2.30. The molecule has 0 aliphatic carbocycles. The van der Waals surface area contributed by atoms with Crippen LogP contribution in [0.4, 0.5) is 0 Å². The smallest absolute Gasteiger partial charge is 0.0498 e. The first kappa shape index (κ1) is 8.02. The number of hydrogen-bond donors (Lipinski definition) is 1. The van der Waals surface area contributed by atoms with Gasteiger partial charge in [-0.25, -0.2) is 0 Å². The summed E-state index contributed by atoms with van der Waals surface area (Å²) in [6.07, 6.45) is 1.20. The summed E-state index contributed by atoms with van der Waals surface area (Å²) >= 11 is 0. The van der Waals surface area contributed by atoms with Gasteiger partial charge in [0.1, 0.15) is 0 Å². The van der Waals surface area contributed by atoms with Crippen molar-refractivity contribution < 1.29 is 4.74 Å². The zero-order chi connectivity index (χ0) is 7.56. The van der Waals surface area contributed by atoms with E-state index in [1.54, 1.807) is 0 Å². The third kappa shape index (κ3) is 1.70. The molecule has 1 fully saturated rings. The van der Waals surface area contributed by atoms with Crippen molar-refractivity contribution in [2.75, 3.05) is 13.2 Å². The lowest BCUT2D eigenvalue weighted by molar-refractivity contribution is 0.170. The Bertz CT molecular complexity index is 97.4. The van der Waals surface area contributed by atoms with Gasteiger partial charge in [-0.15, -0.1) is 0 Å². The Labute approximate surface area is 62.7 Å². The average Bonchev–Trinajstić information content (AvgIpc) is 2.36. The summed E-state index contributed by atoms with van der Waals surface area (Å²) < 4.78 is 5.27. The Hall–Kier alpha value is -0.0800. The summed E-state index contributed by atoms with van der Waals surface area (Å²) in [4.78, 5) is 0. The third-order valence-corrected chi connectivity index (χ3v) is 2.54. The second-order valence-corrected chi connectivity index (χ2v) is 3.34. The quantitative estimate of drug-likeness (QED) is 0.626. The van der Waals surface area contributed by atoms with E-state index in [0.717, 1.165) is 13.2 Å². The highest BCUT2D eigenvalue weighted by Crippen LogP contribution is 2.23. The maximum absolute atomic E-state index is 5.76. The number of hydrogen-bond acceptors (Lipinski definition) is 2. The first-order chi connectivity index (χ1) is 4.72. The zero-order valence-corrected chi connectivity index (χ0v) is 6.84. The van der Waals surface area contributed by atoms with Gasteiger partial charge in [-0.05, 0) is 25.2 Å². The van der Waals surface area contributed by atoms with Crippen LogP contribution in [0.5, 0.6) is 0 Å². The fraction of sp³-hybridized carbons (Fsp3) is 1.00. The molecule has 2 nitrogen and oxygen atoms in total. The van der Waals surface area contributed by atoms with Crippen LogP contribution in [-0.2, 0) is 4.74 Å². The zero-order valence-electron chi connectivity index (χ0n) is 6.84. The first-order valence-electron chi connectivity index (χ1n) is 4.05. The Morgan fingerprint density at radius 2 is 2.20 bits per heavy atom. The molecule has 0 saturated carbocycles. The first-order valence-corrected chi connectivity index (χ1v) is 4.05. The molecule has 3 atom stereocenters. The second kappa shape index (κ2) is 3.35. The molecule has 0 aromatic rings. The highest BCUT2D eigenvalue weighted by molar-refractivity contribution is 4.75. The van der Waals surface area contributed by atoms with Crippen molar-refractivity contribution in [2.24, 2.45) is 17.6 Å².